The van der Waals surface area contributed by atoms with Crippen molar-refractivity contribution in [1.82, 2.24) is 5.43 Å². The second kappa shape index (κ2) is 11.3. The quantitative estimate of drug-likeness (QED) is 0.313. The topological polar surface area (TPSA) is 88.1 Å². The van der Waals surface area contributed by atoms with Crippen LogP contribution in [-0.2, 0) is 21.2 Å². The lowest BCUT2D eigenvalue weighted by atomic mass is 10.1. The Kier molecular flexibility index (Phi) is 8.46. The van der Waals surface area contributed by atoms with Crippen LogP contribution < -0.4 is 14.5 Å². The average Bonchev–Trinajstić information content (AvgIpc) is 2.83. The standard InChI is InChI=1S/C25H26BrN3O4S/c1-4-19-7-5-6-8-23(19)29(34(31,32)22-12-9-18(2)10-13-22)17-25(30)28-27-16-20-15-21(26)11-14-24(20)33-3/h5-16H,4,17H2,1-3H3,(H,28,30)/b27-16-. The highest BCUT2D eigenvalue weighted by atomic mass is 79.9. The molecule has 0 saturated heterocycles. The van der Waals surface area contributed by atoms with Gasteiger partial charge in [-0.15, -0.1) is 0 Å². The minimum Gasteiger partial charge on any atom is -0.496 e. The normalized spacial score (nSPS) is 11.4. The van der Waals surface area contributed by atoms with E-state index in [0.717, 1.165) is 19.9 Å². The van der Waals surface area contributed by atoms with Gasteiger partial charge in [0.1, 0.15) is 12.3 Å². The number of nitrogens with one attached hydrogen (secondary N) is 1. The minimum absolute atomic E-state index is 0.110. The molecule has 0 spiro atoms. The molecule has 3 rings (SSSR count). The van der Waals surface area contributed by atoms with E-state index in [0.29, 0.717) is 23.4 Å². The van der Waals surface area contributed by atoms with Crippen LogP contribution in [0.25, 0.3) is 0 Å². The zero-order valence-electron chi connectivity index (χ0n) is 19.2. The Morgan fingerprint density at radius 3 is 2.50 bits per heavy atom. The summed E-state index contributed by atoms with van der Waals surface area (Å²) in [4.78, 5) is 12.9. The Bertz CT molecular complexity index is 1290. The summed E-state index contributed by atoms with van der Waals surface area (Å²) >= 11 is 3.39. The molecule has 3 aromatic rings. The number of nitrogens with zero attached hydrogens (tertiary/aromatic N) is 2. The number of amides is 1. The van der Waals surface area contributed by atoms with Crippen LogP contribution in [0.5, 0.6) is 5.75 Å². The van der Waals surface area contributed by atoms with Crippen molar-refractivity contribution in [2.45, 2.75) is 25.2 Å². The third-order valence-corrected chi connectivity index (χ3v) is 7.39. The van der Waals surface area contributed by atoms with Crippen LogP contribution in [-0.4, -0.2) is 34.2 Å². The number of methoxy groups -OCH3 is 1. The number of hydrogen-bond acceptors (Lipinski definition) is 5. The summed E-state index contributed by atoms with van der Waals surface area (Å²) in [7, 11) is -2.46. The Balaban J connectivity index is 1.89. The molecular weight excluding hydrogens is 518 g/mol. The molecule has 0 heterocycles. The maximum atomic E-state index is 13.5. The zero-order valence-corrected chi connectivity index (χ0v) is 21.6. The third-order valence-electron chi connectivity index (χ3n) is 5.12. The molecule has 0 unspecified atom stereocenters. The third kappa shape index (κ3) is 6.03. The molecule has 0 aliphatic heterocycles. The van der Waals surface area contributed by atoms with Gasteiger partial charge in [-0.25, -0.2) is 13.8 Å². The molecular formula is C25H26BrN3O4S. The molecule has 1 amide bonds. The lowest BCUT2D eigenvalue weighted by Crippen LogP contribution is -2.40. The zero-order chi connectivity index (χ0) is 24.7. The van der Waals surface area contributed by atoms with E-state index in [1.54, 1.807) is 48.5 Å². The molecule has 0 aliphatic rings. The van der Waals surface area contributed by atoms with Gasteiger partial charge in [0.15, 0.2) is 0 Å². The molecule has 1 N–H and O–H groups in total. The summed E-state index contributed by atoms with van der Waals surface area (Å²) in [6, 6.07) is 19.1. The van der Waals surface area contributed by atoms with Crippen LogP contribution in [0.3, 0.4) is 0 Å². The number of sulfonamides is 1. The lowest BCUT2D eigenvalue weighted by Gasteiger charge is -2.25. The Hall–Kier alpha value is -3.17. The molecule has 0 aromatic heterocycles. The van der Waals surface area contributed by atoms with E-state index in [2.05, 4.69) is 26.5 Å². The summed E-state index contributed by atoms with van der Waals surface area (Å²) < 4.78 is 34.3. The van der Waals surface area contributed by atoms with Crippen molar-refractivity contribution in [3.05, 3.63) is 87.9 Å². The van der Waals surface area contributed by atoms with Crippen LogP contribution in [0.2, 0.25) is 0 Å². The molecule has 178 valence electrons. The highest BCUT2D eigenvalue weighted by molar-refractivity contribution is 9.10. The number of ether oxygens (including phenoxy) is 1. The van der Waals surface area contributed by atoms with Gasteiger partial charge in [0.2, 0.25) is 0 Å². The van der Waals surface area contributed by atoms with Gasteiger partial charge in [0.05, 0.1) is 23.9 Å². The van der Waals surface area contributed by atoms with Gasteiger partial charge < -0.3 is 4.74 Å². The Morgan fingerprint density at radius 1 is 1.12 bits per heavy atom. The number of carbonyl (C=O) groups excluding carboxylic acids is 1. The Morgan fingerprint density at radius 2 is 1.82 bits per heavy atom. The molecule has 0 saturated carbocycles. The summed E-state index contributed by atoms with van der Waals surface area (Å²) in [5, 5.41) is 4.00. The van der Waals surface area contributed by atoms with E-state index < -0.39 is 22.5 Å². The molecule has 3 aromatic carbocycles. The van der Waals surface area contributed by atoms with Crippen molar-refractivity contribution in [2.24, 2.45) is 5.10 Å². The number of hydrazone groups is 1. The first-order valence-electron chi connectivity index (χ1n) is 10.6. The van der Waals surface area contributed by atoms with Gasteiger partial charge in [-0.3, -0.25) is 9.10 Å². The molecule has 0 bridgehead atoms. The van der Waals surface area contributed by atoms with Crippen LogP contribution in [0.4, 0.5) is 5.69 Å². The van der Waals surface area contributed by atoms with Crippen LogP contribution in [0.1, 0.15) is 23.6 Å². The number of halogens is 1. The van der Waals surface area contributed by atoms with Gasteiger partial charge in [-0.1, -0.05) is 58.7 Å². The minimum atomic E-state index is -4.00. The molecule has 34 heavy (non-hydrogen) atoms. The molecule has 0 fully saturated rings. The van der Waals surface area contributed by atoms with Crippen LogP contribution in [0, 0.1) is 6.92 Å². The van der Waals surface area contributed by atoms with E-state index in [1.165, 1.54) is 13.3 Å². The molecule has 9 heteroatoms. The second-order valence-electron chi connectivity index (χ2n) is 7.49. The van der Waals surface area contributed by atoms with Gasteiger partial charge in [0, 0.05) is 10.0 Å². The predicted molar refractivity (Wildman–Crippen MR) is 138 cm³/mol. The van der Waals surface area contributed by atoms with Crippen molar-refractivity contribution in [1.29, 1.82) is 0 Å². The number of para-hydroxylation sites is 1. The maximum Gasteiger partial charge on any atom is 0.264 e. The van der Waals surface area contributed by atoms with Crippen molar-refractivity contribution < 1.29 is 17.9 Å². The van der Waals surface area contributed by atoms with Gasteiger partial charge >= 0.3 is 0 Å². The number of benzene rings is 3. The molecule has 0 radical (unpaired) electrons. The fourth-order valence-corrected chi connectivity index (χ4v) is 5.17. The monoisotopic (exact) mass is 543 g/mol. The SMILES string of the molecule is CCc1ccccc1N(CC(=O)N/N=C\c1cc(Br)ccc1OC)S(=O)(=O)c1ccc(C)cc1. The van der Waals surface area contributed by atoms with Crippen molar-refractivity contribution in [3.8, 4) is 5.75 Å². The maximum absolute atomic E-state index is 13.5. The van der Waals surface area contributed by atoms with E-state index >= 15 is 0 Å². The van der Waals surface area contributed by atoms with Crippen LogP contribution in [0.15, 0.2) is 81.2 Å². The molecule has 0 atom stereocenters. The summed E-state index contributed by atoms with van der Waals surface area (Å²) in [5.74, 6) is 0.00783. The van der Waals surface area contributed by atoms with Crippen molar-refractivity contribution >= 4 is 43.8 Å². The van der Waals surface area contributed by atoms with Gasteiger partial charge in [-0.2, -0.15) is 5.10 Å². The van der Waals surface area contributed by atoms with E-state index in [4.69, 9.17) is 4.74 Å². The number of carbonyl (C=O) groups is 1. The predicted octanol–water partition coefficient (Wildman–Crippen LogP) is 4.67. The first-order chi connectivity index (χ1) is 16.3. The van der Waals surface area contributed by atoms with Crippen LogP contribution >= 0.6 is 15.9 Å². The Labute approximate surface area is 208 Å². The number of rotatable bonds is 9. The fraction of sp³-hybridized carbons (Fsp3) is 0.200. The molecule has 7 nitrogen and oxygen atoms in total. The summed E-state index contributed by atoms with van der Waals surface area (Å²) in [5.41, 5.74) is 5.29. The fourth-order valence-electron chi connectivity index (χ4n) is 3.34. The van der Waals surface area contributed by atoms with E-state index in [9.17, 15) is 13.2 Å². The largest absolute Gasteiger partial charge is 0.496 e. The van der Waals surface area contributed by atoms with Gasteiger partial charge in [-0.05, 0) is 55.3 Å². The van der Waals surface area contributed by atoms with Gasteiger partial charge in [0.25, 0.3) is 15.9 Å². The summed E-state index contributed by atoms with van der Waals surface area (Å²) in [6.45, 7) is 3.39. The number of anilines is 1. The average molecular weight is 544 g/mol. The smallest absolute Gasteiger partial charge is 0.264 e. The number of aryl methyl sites for hydroxylation is 2. The van der Waals surface area contributed by atoms with Crippen molar-refractivity contribution in [2.75, 3.05) is 18.0 Å². The van der Waals surface area contributed by atoms with E-state index in [1.807, 2.05) is 32.0 Å². The summed E-state index contributed by atoms with van der Waals surface area (Å²) in [6.07, 6.45) is 2.05. The first-order valence-corrected chi connectivity index (χ1v) is 12.8. The second-order valence-corrected chi connectivity index (χ2v) is 10.3. The first kappa shape index (κ1) is 25.5. The number of hydrogen-bond donors (Lipinski definition) is 1. The lowest BCUT2D eigenvalue weighted by molar-refractivity contribution is -0.119. The highest BCUT2D eigenvalue weighted by Crippen LogP contribution is 2.27. The highest BCUT2D eigenvalue weighted by Gasteiger charge is 2.28. The van der Waals surface area contributed by atoms with Crippen molar-refractivity contribution in [3.63, 3.8) is 0 Å². The van der Waals surface area contributed by atoms with E-state index in [-0.39, 0.29) is 4.90 Å². The molecule has 0 aliphatic carbocycles.